The first kappa shape index (κ1) is 23.3. The lowest BCUT2D eigenvalue weighted by atomic mass is 9.84. The molecule has 142 valence electrons. The topological polar surface area (TPSA) is 140 Å². The standard InChI is InChI=1S/C18H26N4O4/c1-17(2,15(25)21-11-19)9-7-13(23)5-6-14(24)8-10-18(3,4)16(26)22-12-20/h5-10H2,1-4H3,(H,21,25)(H,22,26). The maximum atomic E-state index is 11.9. The molecule has 0 radical (unpaired) electrons. The van der Waals surface area contributed by atoms with E-state index in [-0.39, 0.29) is 50.1 Å². The van der Waals surface area contributed by atoms with Gasteiger partial charge in [0.05, 0.1) is 0 Å². The predicted molar refractivity (Wildman–Crippen MR) is 92.8 cm³/mol. The Morgan fingerprint density at radius 1 is 0.692 bits per heavy atom. The summed E-state index contributed by atoms with van der Waals surface area (Å²) < 4.78 is 0. The van der Waals surface area contributed by atoms with Crippen molar-refractivity contribution >= 4 is 23.4 Å². The van der Waals surface area contributed by atoms with Crippen LogP contribution in [0.15, 0.2) is 0 Å². The predicted octanol–water partition coefficient (Wildman–Crippen LogP) is 1.71. The molecule has 0 aliphatic carbocycles. The Morgan fingerprint density at radius 2 is 1.00 bits per heavy atom. The van der Waals surface area contributed by atoms with E-state index in [0.29, 0.717) is 0 Å². The van der Waals surface area contributed by atoms with Crippen LogP contribution in [0.2, 0.25) is 0 Å². The lowest BCUT2D eigenvalue weighted by Crippen LogP contribution is -2.34. The van der Waals surface area contributed by atoms with Crippen LogP contribution in [0.5, 0.6) is 0 Å². The fourth-order valence-electron chi connectivity index (χ4n) is 2.10. The van der Waals surface area contributed by atoms with Crippen molar-refractivity contribution in [1.82, 2.24) is 10.6 Å². The quantitative estimate of drug-likeness (QED) is 0.423. The number of Topliss-reactive ketones (excluding diaryl/α,β-unsaturated/α-hetero) is 2. The number of carbonyl (C=O) groups excluding carboxylic acids is 4. The lowest BCUT2D eigenvalue weighted by molar-refractivity contribution is -0.131. The average Bonchev–Trinajstić information content (AvgIpc) is 2.56. The summed E-state index contributed by atoms with van der Waals surface area (Å²) in [6, 6.07) is 0. The monoisotopic (exact) mass is 362 g/mol. The minimum atomic E-state index is -0.840. The molecule has 0 rings (SSSR count). The van der Waals surface area contributed by atoms with E-state index < -0.39 is 22.6 Å². The van der Waals surface area contributed by atoms with Gasteiger partial charge in [-0.1, -0.05) is 27.7 Å². The van der Waals surface area contributed by atoms with E-state index in [1.165, 1.54) is 0 Å². The normalized spacial score (nSPS) is 11.0. The SMILES string of the molecule is CC(C)(CCC(=O)CCC(=O)CCC(C)(C)C(=O)NC#N)C(=O)NC#N. The van der Waals surface area contributed by atoms with Gasteiger partial charge in [-0.3, -0.25) is 29.8 Å². The highest BCUT2D eigenvalue weighted by Crippen LogP contribution is 2.24. The highest BCUT2D eigenvalue weighted by molar-refractivity contribution is 5.88. The molecule has 0 bridgehead atoms. The largest absolute Gasteiger partial charge is 0.300 e. The molecule has 0 unspecified atom stereocenters. The molecule has 8 heteroatoms. The number of amides is 2. The minimum absolute atomic E-state index is 0.0829. The Hall–Kier alpha value is -2.74. The minimum Gasteiger partial charge on any atom is -0.300 e. The van der Waals surface area contributed by atoms with E-state index in [1.54, 1.807) is 40.1 Å². The summed E-state index contributed by atoms with van der Waals surface area (Å²) in [5, 5.41) is 21.0. The van der Waals surface area contributed by atoms with Crippen LogP contribution in [0.25, 0.3) is 0 Å². The van der Waals surface area contributed by atoms with Crippen LogP contribution >= 0.6 is 0 Å². The van der Waals surface area contributed by atoms with Gasteiger partial charge in [0.15, 0.2) is 12.4 Å². The molecule has 26 heavy (non-hydrogen) atoms. The number of rotatable bonds is 11. The number of nitrogens with zero attached hydrogens (tertiary/aromatic N) is 2. The molecule has 2 amide bonds. The second-order valence-electron chi connectivity index (χ2n) is 7.48. The summed E-state index contributed by atoms with van der Waals surface area (Å²) in [6.45, 7) is 6.58. The summed E-state index contributed by atoms with van der Waals surface area (Å²) in [7, 11) is 0. The first-order chi connectivity index (χ1) is 12.0. The first-order valence-electron chi connectivity index (χ1n) is 8.39. The smallest absolute Gasteiger partial charge is 0.238 e. The third kappa shape index (κ3) is 8.39. The Kier molecular flexibility index (Phi) is 9.21. The highest BCUT2D eigenvalue weighted by atomic mass is 16.2. The van der Waals surface area contributed by atoms with Crippen molar-refractivity contribution in [3.63, 3.8) is 0 Å². The molecular formula is C18H26N4O4. The molecule has 0 saturated carbocycles. The summed E-state index contributed by atoms with van der Waals surface area (Å²) in [4.78, 5) is 47.2. The van der Waals surface area contributed by atoms with E-state index in [9.17, 15) is 19.2 Å². The molecule has 0 spiro atoms. The molecule has 0 atom stereocenters. The molecule has 0 heterocycles. The molecule has 0 aromatic carbocycles. The molecule has 8 nitrogen and oxygen atoms in total. The van der Waals surface area contributed by atoms with Gasteiger partial charge in [-0.15, -0.1) is 0 Å². The van der Waals surface area contributed by atoms with Gasteiger partial charge in [-0.25, -0.2) is 0 Å². The van der Waals surface area contributed by atoms with E-state index in [1.807, 2.05) is 0 Å². The number of nitrogens with one attached hydrogen (secondary N) is 2. The molecule has 0 aliphatic heterocycles. The maximum Gasteiger partial charge on any atom is 0.238 e. The molecule has 2 N–H and O–H groups in total. The average molecular weight is 362 g/mol. The Morgan fingerprint density at radius 3 is 1.27 bits per heavy atom. The van der Waals surface area contributed by atoms with Gasteiger partial charge in [0.25, 0.3) is 0 Å². The van der Waals surface area contributed by atoms with Crippen LogP contribution < -0.4 is 10.6 Å². The van der Waals surface area contributed by atoms with Gasteiger partial charge in [0.1, 0.15) is 11.6 Å². The Balaban J connectivity index is 4.26. The van der Waals surface area contributed by atoms with Crippen LogP contribution in [0.3, 0.4) is 0 Å². The van der Waals surface area contributed by atoms with Crippen LogP contribution in [-0.4, -0.2) is 23.4 Å². The molecule has 0 aliphatic rings. The van der Waals surface area contributed by atoms with Crippen LogP contribution in [0, 0.1) is 33.7 Å². The highest BCUT2D eigenvalue weighted by Gasteiger charge is 2.29. The van der Waals surface area contributed by atoms with Crippen molar-refractivity contribution < 1.29 is 19.2 Å². The fourth-order valence-corrected chi connectivity index (χ4v) is 2.10. The van der Waals surface area contributed by atoms with Crippen LogP contribution in [-0.2, 0) is 19.2 Å². The Labute approximate surface area is 153 Å². The zero-order chi connectivity index (χ0) is 20.4. The van der Waals surface area contributed by atoms with E-state index >= 15 is 0 Å². The van der Waals surface area contributed by atoms with Crippen LogP contribution in [0.4, 0.5) is 0 Å². The summed E-state index contributed by atoms with van der Waals surface area (Å²) >= 11 is 0. The van der Waals surface area contributed by atoms with Gasteiger partial charge < -0.3 is 0 Å². The van der Waals surface area contributed by atoms with Gasteiger partial charge in [-0.2, -0.15) is 10.5 Å². The summed E-state index contributed by atoms with van der Waals surface area (Å²) in [5.41, 5.74) is -1.68. The first-order valence-corrected chi connectivity index (χ1v) is 8.39. The Bertz CT molecular complexity index is 583. The number of hydrogen-bond acceptors (Lipinski definition) is 6. The fraction of sp³-hybridized carbons (Fsp3) is 0.667. The zero-order valence-electron chi connectivity index (χ0n) is 15.8. The molecule has 0 saturated heterocycles. The summed E-state index contributed by atoms with van der Waals surface area (Å²) in [5.74, 6) is -1.14. The molecule has 0 aromatic rings. The van der Waals surface area contributed by atoms with Gasteiger partial charge in [0, 0.05) is 36.5 Å². The van der Waals surface area contributed by atoms with Gasteiger partial charge in [-0.05, 0) is 12.8 Å². The third-order valence-corrected chi connectivity index (χ3v) is 4.31. The maximum absolute atomic E-state index is 11.9. The van der Waals surface area contributed by atoms with Crippen LogP contribution in [0.1, 0.15) is 66.2 Å². The summed E-state index contributed by atoms with van der Waals surface area (Å²) in [6.07, 6.45) is 4.17. The zero-order valence-corrected chi connectivity index (χ0v) is 15.8. The van der Waals surface area contributed by atoms with Gasteiger partial charge >= 0.3 is 0 Å². The van der Waals surface area contributed by atoms with Crippen molar-refractivity contribution in [2.75, 3.05) is 0 Å². The van der Waals surface area contributed by atoms with E-state index in [2.05, 4.69) is 10.6 Å². The van der Waals surface area contributed by atoms with Gasteiger partial charge in [0.2, 0.25) is 11.8 Å². The number of nitriles is 2. The van der Waals surface area contributed by atoms with E-state index in [4.69, 9.17) is 10.5 Å². The van der Waals surface area contributed by atoms with Crippen molar-refractivity contribution in [3.8, 4) is 12.4 Å². The number of hydrogen-bond donors (Lipinski definition) is 2. The van der Waals surface area contributed by atoms with Crippen molar-refractivity contribution in [3.05, 3.63) is 0 Å². The number of ketones is 2. The van der Waals surface area contributed by atoms with Crippen molar-refractivity contribution in [1.29, 1.82) is 10.5 Å². The van der Waals surface area contributed by atoms with Crippen molar-refractivity contribution in [2.24, 2.45) is 10.8 Å². The lowest BCUT2D eigenvalue weighted by Gasteiger charge is -2.21. The second kappa shape index (κ2) is 10.3. The second-order valence-corrected chi connectivity index (χ2v) is 7.48. The van der Waals surface area contributed by atoms with E-state index in [0.717, 1.165) is 0 Å². The molecular weight excluding hydrogens is 336 g/mol. The third-order valence-electron chi connectivity index (χ3n) is 4.31. The molecule has 0 aromatic heterocycles. The molecule has 0 fully saturated rings. The van der Waals surface area contributed by atoms with Crippen molar-refractivity contribution in [2.45, 2.75) is 66.2 Å². The number of carbonyl (C=O) groups is 4.